The standard InChI is InChI=1S/C23H40N2O2/c1-3-5-7-10-18-25(17-9-6-4-2)23(27)22-14-12-21(13-15-22)20-24-16-8-11-19-26/h12-15,24,26H,3-11,16-20H2,1-2H3. The van der Waals surface area contributed by atoms with Gasteiger partial charge in [-0.25, -0.2) is 0 Å². The third kappa shape index (κ3) is 10.5. The molecule has 0 atom stereocenters. The van der Waals surface area contributed by atoms with E-state index in [-0.39, 0.29) is 12.5 Å². The van der Waals surface area contributed by atoms with Crippen LogP contribution in [-0.2, 0) is 6.54 Å². The van der Waals surface area contributed by atoms with Gasteiger partial charge in [0.2, 0.25) is 0 Å². The number of benzene rings is 1. The second kappa shape index (κ2) is 15.6. The van der Waals surface area contributed by atoms with Crippen LogP contribution in [0.5, 0.6) is 0 Å². The third-order valence-corrected chi connectivity index (χ3v) is 4.89. The highest BCUT2D eigenvalue weighted by molar-refractivity contribution is 5.94. The Labute approximate surface area is 166 Å². The molecule has 4 nitrogen and oxygen atoms in total. The van der Waals surface area contributed by atoms with E-state index in [1.54, 1.807) is 0 Å². The maximum absolute atomic E-state index is 12.9. The maximum atomic E-state index is 12.9. The van der Waals surface area contributed by atoms with Crippen LogP contribution in [0.1, 0.15) is 87.6 Å². The molecule has 27 heavy (non-hydrogen) atoms. The summed E-state index contributed by atoms with van der Waals surface area (Å²) in [5, 5.41) is 12.2. The Kier molecular flexibility index (Phi) is 13.7. The molecular formula is C23H40N2O2. The van der Waals surface area contributed by atoms with Gasteiger partial charge in [0.15, 0.2) is 0 Å². The van der Waals surface area contributed by atoms with E-state index in [1.807, 2.05) is 29.2 Å². The molecule has 0 aromatic heterocycles. The molecule has 0 unspecified atom stereocenters. The Morgan fingerprint density at radius 3 is 2.15 bits per heavy atom. The first-order valence-electron chi connectivity index (χ1n) is 10.9. The average Bonchev–Trinajstić information content (AvgIpc) is 2.70. The van der Waals surface area contributed by atoms with Gasteiger partial charge in [0, 0.05) is 31.8 Å². The van der Waals surface area contributed by atoms with Gasteiger partial charge >= 0.3 is 0 Å². The van der Waals surface area contributed by atoms with E-state index in [4.69, 9.17) is 5.11 Å². The Hall–Kier alpha value is -1.39. The van der Waals surface area contributed by atoms with Crippen molar-refractivity contribution >= 4 is 5.91 Å². The largest absolute Gasteiger partial charge is 0.396 e. The van der Waals surface area contributed by atoms with Gasteiger partial charge in [-0.3, -0.25) is 4.79 Å². The SMILES string of the molecule is CCCCCCN(CCCCC)C(=O)c1ccc(CNCCCCO)cc1. The van der Waals surface area contributed by atoms with Crippen molar-refractivity contribution in [3.05, 3.63) is 35.4 Å². The molecule has 154 valence electrons. The van der Waals surface area contributed by atoms with Crippen LogP contribution in [0.3, 0.4) is 0 Å². The lowest BCUT2D eigenvalue weighted by molar-refractivity contribution is 0.0749. The van der Waals surface area contributed by atoms with Crippen molar-refractivity contribution in [2.24, 2.45) is 0 Å². The summed E-state index contributed by atoms with van der Waals surface area (Å²) in [6.07, 6.45) is 10.0. The smallest absolute Gasteiger partial charge is 0.253 e. The van der Waals surface area contributed by atoms with Crippen molar-refractivity contribution in [2.75, 3.05) is 26.2 Å². The zero-order valence-electron chi connectivity index (χ0n) is 17.5. The monoisotopic (exact) mass is 376 g/mol. The van der Waals surface area contributed by atoms with Crippen LogP contribution in [0.25, 0.3) is 0 Å². The van der Waals surface area contributed by atoms with Crippen LogP contribution in [0, 0.1) is 0 Å². The number of nitrogens with zero attached hydrogens (tertiary/aromatic N) is 1. The summed E-state index contributed by atoms with van der Waals surface area (Å²) in [7, 11) is 0. The summed E-state index contributed by atoms with van der Waals surface area (Å²) in [4.78, 5) is 15.0. The Balaban J connectivity index is 2.53. The van der Waals surface area contributed by atoms with Crippen LogP contribution < -0.4 is 5.32 Å². The highest BCUT2D eigenvalue weighted by Crippen LogP contribution is 2.11. The number of rotatable bonds is 16. The van der Waals surface area contributed by atoms with Crippen molar-refractivity contribution in [2.45, 2.75) is 78.2 Å². The first-order valence-corrected chi connectivity index (χ1v) is 10.9. The van der Waals surface area contributed by atoms with Crippen LogP contribution >= 0.6 is 0 Å². The van der Waals surface area contributed by atoms with Gasteiger partial charge in [0.05, 0.1) is 0 Å². The molecule has 1 amide bonds. The minimum absolute atomic E-state index is 0.171. The topological polar surface area (TPSA) is 52.6 Å². The number of aliphatic hydroxyl groups excluding tert-OH is 1. The molecule has 1 aromatic rings. The fourth-order valence-electron chi connectivity index (χ4n) is 3.14. The van der Waals surface area contributed by atoms with Crippen molar-refractivity contribution in [1.29, 1.82) is 0 Å². The highest BCUT2D eigenvalue weighted by Gasteiger charge is 2.15. The van der Waals surface area contributed by atoms with E-state index in [2.05, 4.69) is 19.2 Å². The van der Waals surface area contributed by atoms with E-state index in [0.717, 1.165) is 57.4 Å². The molecule has 0 heterocycles. The maximum Gasteiger partial charge on any atom is 0.253 e. The lowest BCUT2D eigenvalue weighted by atomic mass is 10.1. The number of carbonyl (C=O) groups is 1. The molecule has 0 aliphatic rings. The van der Waals surface area contributed by atoms with Crippen molar-refractivity contribution in [1.82, 2.24) is 10.2 Å². The average molecular weight is 377 g/mol. The van der Waals surface area contributed by atoms with Crippen molar-refractivity contribution < 1.29 is 9.90 Å². The fraction of sp³-hybridized carbons (Fsp3) is 0.696. The zero-order valence-corrected chi connectivity index (χ0v) is 17.5. The van der Waals surface area contributed by atoms with Crippen molar-refractivity contribution in [3.8, 4) is 0 Å². The predicted octanol–water partition coefficient (Wildman–Crippen LogP) is 4.76. The van der Waals surface area contributed by atoms with Gasteiger partial charge in [-0.2, -0.15) is 0 Å². The quantitative estimate of drug-likeness (QED) is 0.409. The summed E-state index contributed by atoms with van der Waals surface area (Å²) < 4.78 is 0. The molecule has 0 saturated heterocycles. The molecule has 0 spiro atoms. The lowest BCUT2D eigenvalue weighted by Crippen LogP contribution is -2.33. The molecule has 1 aromatic carbocycles. The van der Waals surface area contributed by atoms with Crippen LogP contribution in [0.15, 0.2) is 24.3 Å². The van der Waals surface area contributed by atoms with Crippen molar-refractivity contribution in [3.63, 3.8) is 0 Å². The van der Waals surface area contributed by atoms with E-state index in [0.29, 0.717) is 0 Å². The minimum atomic E-state index is 0.171. The van der Waals surface area contributed by atoms with Gasteiger partial charge in [0.1, 0.15) is 0 Å². The molecule has 0 radical (unpaired) electrons. The summed E-state index contributed by atoms with van der Waals surface area (Å²) in [6.45, 7) is 8.12. The van der Waals surface area contributed by atoms with E-state index >= 15 is 0 Å². The van der Waals surface area contributed by atoms with Gasteiger partial charge < -0.3 is 15.3 Å². The number of carbonyl (C=O) groups excluding carboxylic acids is 1. The molecular weight excluding hydrogens is 336 g/mol. The van der Waals surface area contributed by atoms with Crippen LogP contribution in [0.4, 0.5) is 0 Å². The number of unbranched alkanes of at least 4 members (excludes halogenated alkanes) is 6. The molecule has 0 saturated carbocycles. The summed E-state index contributed by atoms with van der Waals surface area (Å²) in [5.74, 6) is 0.171. The minimum Gasteiger partial charge on any atom is -0.396 e. The summed E-state index contributed by atoms with van der Waals surface area (Å²) in [5.41, 5.74) is 1.99. The van der Waals surface area contributed by atoms with Crippen LogP contribution in [0.2, 0.25) is 0 Å². The Bertz CT molecular complexity index is 488. The van der Waals surface area contributed by atoms with Gasteiger partial charge in [0.25, 0.3) is 5.91 Å². The Morgan fingerprint density at radius 2 is 1.52 bits per heavy atom. The molecule has 0 bridgehead atoms. The molecule has 0 aliphatic carbocycles. The van der Waals surface area contributed by atoms with E-state index < -0.39 is 0 Å². The first-order chi connectivity index (χ1) is 13.2. The number of amides is 1. The molecule has 1 rings (SSSR count). The number of nitrogens with one attached hydrogen (secondary N) is 1. The second-order valence-electron chi connectivity index (χ2n) is 7.36. The zero-order chi connectivity index (χ0) is 19.7. The number of hydrogen-bond acceptors (Lipinski definition) is 3. The normalized spacial score (nSPS) is 10.9. The highest BCUT2D eigenvalue weighted by atomic mass is 16.2. The predicted molar refractivity (Wildman–Crippen MR) is 114 cm³/mol. The van der Waals surface area contributed by atoms with E-state index in [9.17, 15) is 4.79 Å². The van der Waals surface area contributed by atoms with E-state index in [1.165, 1.54) is 37.7 Å². The number of hydrogen-bond donors (Lipinski definition) is 2. The molecule has 0 fully saturated rings. The lowest BCUT2D eigenvalue weighted by Gasteiger charge is -2.23. The summed E-state index contributed by atoms with van der Waals surface area (Å²) in [6, 6.07) is 8.03. The van der Waals surface area contributed by atoms with Gasteiger partial charge in [-0.1, -0.05) is 58.1 Å². The second-order valence-corrected chi connectivity index (χ2v) is 7.36. The van der Waals surface area contributed by atoms with Gasteiger partial charge in [-0.15, -0.1) is 0 Å². The molecule has 0 aliphatic heterocycles. The van der Waals surface area contributed by atoms with Gasteiger partial charge in [-0.05, 0) is 49.9 Å². The Morgan fingerprint density at radius 1 is 0.889 bits per heavy atom. The third-order valence-electron chi connectivity index (χ3n) is 4.89. The molecule has 4 heteroatoms. The molecule has 2 N–H and O–H groups in total. The summed E-state index contributed by atoms with van der Waals surface area (Å²) >= 11 is 0. The number of aliphatic hydroxyl groups is 1. The first kappa shape index (κ1) is 23.6. The fourth-order valence-corrected chi connectivity index (χ4v) is 3.14. The van der Waals surface area contributed by atoms with Crippen LogP contribution in [-0.4, -0.2) is 42.2 Å².